The van der Waals surface area contributed by atoms with Crippen molar-refractivity contribution in [2.75, 3.05) is 26.7 Å². The smallest absolute Gasteiger partial charge is 0.337 e. The number of hydrogen-bond donors (Lipinski definition) is 2. The van der Waals surface area contributed by atoms with Gasteiger partial charge in [0.15, 0.2) is 0 Å². The van der Waals surface area contributed by atoms with Crippen LogP contribution in [0.1, 0.15) is 22.3 Å². The third-order valence-corrected chi connectivity index (χ3v) is 5.57. The van der Waals surface area contributed by atoms with Crippen LogP contribution >= 0.6 is 0 Å². The number of nitrogens with one attached hydrogen (secondary N) is 1. The number of carbonyl (C=O) groups is 3. The third-order valence-electron chi connectivity index (χ3n) is 5.57. The number of carbonyl (C=O) groups excluding carboxylic acids is 3. The van der Waals surface area contributed by atoms with E-state index in [9.17, 15) is 19.5 Å². The van der Waals surface area contributed by atoms with E-state index < -0.39 is 23.7 Å². The average Bonchev–Trinajstić information content (AvgIpc) is 2.99. The molecule has 8 nitrogen and oxygen atoms in total. The van der Waals surface area contributed by atoms with Gasteiger partial charge in [0.05, 0.1) is 31.4 Å². The predicted molar refractivity (Wildman–Crippen MR) is 90.1 cm³/mol. The van der Waals surface area contributed by atoms with Crippen LogP contribution in [-0.4, -0.2) is 77.1 Å². The average molecular weight is 359 g/mol. The molecule has 0 radical (unpaired) electrons. The number of aliphatic hydroxyl groups excluding tert-OH is 1. The van der Waals surface area contributed by atoms with Crippen molar-refractivity contribution < 1.29 is 24.2 Å². The Kier molecular flexibility index (Phi) is 4.06. The highest BCUT2D eigenvalue weighted by Gasteiger charge is 2.61. The number of fused-ring (bicyclic) bond motifs is 2. The Morgan fingerprint density at radius 3 is 2.58 bits per heavy atom. The number of aliphatic hydroxyl groups is 1. The van der Waals surface area contributed by atoms with Crippen LogP contribution in [0.4, 0.5) is 0 Å². The summed E-state index contributed by atoms with van der Waals surface area (Å²) in [4.78, 5) is 40.7. The molecule has 1 spiro atoms. The maximum Gasteiger partial charge on any atom is 0.337 e. The minimum atomic E-state index is -0.734. The van der Waals surface area contributed by atoms with Crippen LogP contribution in [-0.2, 0) is 20.9 Å². The molecule has 3 fully saturated rings. The molecule has 1 aromatic carbocycles. The Hall–Kier alpha value is -2.29. The molecule has 3 aliphatic rings. The number of piperazine rings is 1. The van der Waals surface area contributed by atoms with Crippen LogP contribution in [0.15, 0.2) is 24.3 Å². The number of nitrogens with zero attached hydrogens (tertiary/aromatic N) is 2. The molecule has 2 atom stereocenters. The highest BCUT2D eigenvalue weighted by atomic mass is 16.5. The van der Waals surface area contributed by atoms with E-state index in [1.54, 1.807) is 24.3 Å². The second-order valence-corrected chi connectivity index (χ2v) is 7.11. The van der Waals surface area contributed by atoms with Gasteiger partial charge in [-0.25, -0.2) is 4.79 Å². The van der Waals surface area contributed by atoms with Gasteiger partial charge in [0.1, 0.15) is 5.54 Å². The second kappa shape index (κ2) is 6.15. The first-order valence-corrected chi connectivity index (χ1v) is 8.65. The molecule has 4 rings (SSSR count). The molecule has 1 aromatic rings. The van der Waals surface area contributed by atoms with Gasteiger partial charge in [0.25, 0.3) is 5.91 Å². The van der Waals surface area contributed by atoms with E-state index in [-0.39, 0.29) is 18.4 Å². The van der Waals surface area contributed by atoms with Crippen LogP contribution in [0.25, 0.3) is 0 Å². The normalized spacial score (nSPS) is 27.4. The zero-order valence-corrected chi connectivity index (χ0v) is 14.5. The number of benzene rings is 1. The Labute approximate surface area is 150 Å². The fourth-order valence-electron chi connectivity index (χ4n) is 4.09. The zero-order chi connectivity index (χ0) is 18.5. The third kappa shape index (κ3) is 2.45. The van der Waals surface area contributed by atoms with Crippen molar-refractivity contribution in [2.45, 2.75) is 30.7 Å². The van der Waals surface area contributed by atoms with Crippen molar-refractivity contribution in [2.24, 2.45) is 0 Å². The molecule has 2 amide bonds. The summed E-state index contributed by atoms with van der Waals surface area (Å²) in [5.41, 5.74) is 0.438. The van der Waals surface area contributed by atoms with E-state index in [0.717, 1.165) is 5.56 Å². The molecule has 3 aliphatic heterocycles. The first kappa shape index (κ1) is 17.1. The van der Waals surface area contributed by atoms with E-state index in [4.69, 9.17) is 0 Å². The van der Waals surface area contributed by atoms with Crippen LogP contribution in [0.3, 0.4) is 0 Å². The summed E-state index contributed by atoms with van der Waals surface area (Å²) in [6.07, 6.45) is -0.237. The Bertz CT molecular complexity index is 759. The van der Waals surface area contributed by atoms with Crippen molar-refractivity contribution in [3.63, 3.8) is 0 Å². The first-order valence-electron chi connectivity index (χ1n) is 8.65. The van der Waals surface area contributed by atoms with E-state index in [1.807, 2.05) is 4.90 Å². The number of methoxy groups -OCH3 is 1. The molecule has 138 valence electrons. The molecule has 0 aliphatic carbocycles. The van der Waals surface area contributed by atoms with Crippen LogP contribution in [0.2, 0.25) is 0 Å². The largest absolute Gasteiger partial charge is 0.465 e. The number of esters is 1. The Morgan fingerprint density at radius 1 is 1.31 bits per heavy atom. The maximum absolute atomic E-state index is 13.1. The van der Waals surface area contributed by atoms with Crippen molar-refractivity contribution in [1.82, 2.24) is 15.1 Å². The van der Waals surface area contributed by atoms with Gasteiger partial charge < -0.3 is 15.2 Å². The van der Waals surface area contributed by atoms with Crippen LogP contribution < -0.4 is 5.32 Å². The summed E-state index contributed by atoms with van der Waals surface area (Å²) in [6.45, 7) is 1.48. The first-order chi connectivity index (χ1) is 12.5. The van der Waals surface area contributed by atoms with Crippen molar-refractivity contribution >= 4 is 17.8 Å². The summed E-state index contributed by atoms with van der Waals surface area (Å²) in [7, 11) is 1.31. The zero-order valence-electron chi connectivity index (χ0n) is 14.5. The topological polar surface area (TPSA) is 99.2 Å². The van der Waals surface area contributed by atoms with Crippen molar-refractivity contribution in [3.05, 3.63) is 35.4 Å². The predicted octanol–water partition coefficient (Wildman–Crippen LogP) is -0.881. The van der Waals surface area contributed by atoms with Crippen LogP contribution in [0, 0.1) is 0 Å². The molecular formula is C18H21N3O5. The van der Waals surface area contributed by atoms with Gasteiger partial charge >= 0.3 is 5.97 Å². The minimum absolute atomic E-state index is 0.154. The molecule has 0 bridgehead atoms. The van der Waals surface area contributed by atoms with Crippen LogP contribution in [0.5, 0.6) is 0 Å². The highest BCUT2D eigenvalue weighted by molar-refractivity contribution is 6.06. The van der Waals surface area contributed by atoms with E-state index in [2.05, 4.69) is 10.1 Å². The number of ether oxygens (including phenoxy) is 1. The summed E-state index contributed by atoms with van der Waals surface area (Å²) in [5.74, 6) is -0.915. The standard InChI is InChI=1S/C18H21N3O5/c1-26-16(24)12-4-2-11(3-5-12)7-20-15(23)14-6-13(22)8-21(14)18(17(20)25)9-19-10-18/h2-5,13-14,19,22H,6-10H2,1H3/t13-,14+/m1/s1. The van der Waals surface area contributed by atoms with Gasteiger partial charge in [-0.2, -0.15) is 0 Å². The van der Waals surface area contributed by atoms with Gasteiger partial charge in [-0.05, 0) is 24.1 Å². The quantitative estimate of drug-likeness (QED) is 0.534. The molecule has 0 aromatic heterocycles. The molecule has 3 saturated heterocycles. The molecular weight excluding hydrogens is 338 g/mol. The summed E-state index contributed by atoms with van der Waals surface area (Å²) in [5, 5.41) is 13.1. The van der Waals surface area contributed by atoms with Gasteiger partial charge in [-0.3, -0.25) is 19.4 Å². The van der Waals surface area contributed by atoms with E-state index in [0.29, 0.717) is 31.6 Å². The van der Waals surface area contributed by atoms with E-state index >= 15 is 0 Å². The molecule has 3 heterocycles. The lowest BCUT2D eigenvalue weighted by molar-refractivity contribution is -0.171. The fourth-order valence-corrected chi connectivity index (χ4v) is 4.09. The molecule has 8 heteroatoms. The SMILES string of the molecule is COC(=O)c1ccc(CN2C(=O)[C@@H]3C[C@@H](O)CN3C3(CNC3)C2=O)cc1. The molecule has 0 unspecified atom stereocenters. The Balaban J connectivity index is 1.59. The van der Waals surface area contributed by atoms with E-state index in [1.165, 1.54) is 12.0 Å². The summed E-state index contributed by atoms with van der Waals surface area (Å²) in [6, 6.07) is 6.21. The van der Waals surface area contributed by atoms with Crippen molar-refractivity contribution in [1.29, 1.82) is 0 Å². The second-order valence-electron chi connectivity index (χ2n) is 7.11. The highest BCUT2D eigenvalue weighted by Crippen LogP contribution is 2.37. The minimum Gasteiger partial charge on any atom is -0.465 e. The molecule has 0 saturated carbocycles. The summed E-state index contributed by atoms with van der Waals surface area (Å²) >= 11 is 0. The number of hydrogen-bond acceptors (Lipinski definition) is 7. The lowest BCUT2D eigenvalue weighted by Gasteiger charge is -2.54. The van der Waals surface area contributed by atoms with Gasteiger partial charge in [0, 0.05) is 19.6 Å². The summed E-state index contributed by atoms with van der Waals surface area (Å²) < 4.78 is 4.67. The number of β-amino-alcohol motifs (C(OH)–C–C–N with tert-alkyl or cyclic N) is 1. The number of imide groups is 1. The van der Waals surface area contributed by atoms with Crippen molar-refractivity contribution in [3.8, 4) is 0 Å². The molecule has 2 N–H and O–H groups in total. The lowest BCUT2D eigenvalue weighted by atomic mass is 9.84. The number of amides is 2. The Morgan fingerprint density at radius 2 is 2.00 bits per heavy atom. The fraction of sp³-hybridized carbons (Fsp3) is 0.500. The number of rotatable bonds is 3. The van der Waals surface area contributed by atoms with Gasteiger partial charge in [0.2, 0.25) is 5.91 Å². The van der Waals surface area contributed by atoms with Gasteiger partial charge in [-0.15, -0.1) is 0 Å². The lowest BCUT2D eigenvalue weighted by Crippen LogP contribution is -2.80. The molecule has 26 heavy (non-hydrogen) atoms. The monoisotopic (exact) mass is 359 g/mol. The van der Waals surface area contributed by atoms with Gasteiger partial charge in [-0.1, -0.05) is 12.1 Å². The maximum atomic E-state index is 13.1.